The number of piperidine rings is 1. The van der Waals surface area contributed by atoms with Gasteiger partial charge in [-0.1, -0.05) is 37.3 Å². The number of likely N-dealkylation sites (tertiary alicyclic amines) is 1. The Morgan fingerprint density at radius 3 is 2.66 bits per heavy atom. The van der Waals surface area contributed by atoms with E-state index in [2.05, 4.69) is 5.10 Å². The number of hydrogen-bond donors (Lipinski definition) is 1. The zero-order chi connectivity index (χ0) is 20.5. The number of amides is 1. The summed E-state index contributed by atoms with van der Waals surface area (Å²) in [6.45, 7) is 5.41. The van der Waals surface area contributed by atoms with Crippen LogP contribution in [0.1, 0.15) is 30.6 Å². The molecule has 1 saturated heterocycles. The van der Waals surface area contributed by atoms with Gasteiger partial charge in [0.05, 0.1) is 28.8 Å². The van der Waals surface area contributed by atoms with E-state index in [1.807, 2.05) is 50.2 Å². The molecule has 2 unspecified atom stereocenters. The van der Waals surface area contributed by atoms with Crippen LogP contribution in [0.5, 0.6) is 0 Å². The highest BCUT2D eigenvalue weighted by Crippen LogP contribution is 2.29. The van der Waals surface area contributed by atoms with Gasteiger partial charge in [0.1, 0.15) is 0 Å². The Morgan fingerprint density at radius 1 is 1.24 bits per heavy atom. The second kappa shape index (κ2) is 7.66. The number of fused-ring (bicyclic) bond motifs is 1. The summed E-state index contributed by atoms with van der Waals surface area (Å²) in [6.07, 6.45) is 2.16. The van der Waals surface area contributed by atoms with E-state index in [1.165, 1.54) is 0 Å². The highest BCUT2D eigenvalue weighted by molar-refractivity contribution is 6.06. The number of aliphatic carboxylic acids is 1. The Kier molecular flexibility index (Phi) is 5.05. The zero-order valence-corrected chi connectivity index (χ0v) is 16.6. The lowest BCUT2D eigenvalue weighted by Gasteiger charge is -2.35. The van der Waals surface area contributed by atoms with Gasteiger partial charge in [0, 0.05) is 25.2 Å². The Morgan fingerprint density at radius 2 is 2.00 bits per heavy atom. The van der Waals surface area contributed by atoms with Crippen molar-refractivity contribution >= 4 is 22.9 Å². The third-order valence-corrected chi connectivity index (χ3v) is 5.72. The molecule has 3 aromatic rings. The third-order valence-electron chi connectivity index (χ3n) is 5.72. The van der Waals surface area contributed by atoms with Crippen LogP contribution in [0, 0.1) is 11.8 Å². The average Bonchev–Trinajstić information content (AvgIpc) is 3.16. The van der Waals surface area contributed by atoms with E-state index < -0.39 is 11.9 Å². The highest BCUT2D eigenvalue weighted by atomic mass is 16.4. The van der Waals surface area contributed by atoms with Crippen LogP contribution in [0.3, 0.4) is 0 Å². The van der Waals surface area contributed by atoms with E-state index in [0.29, 0.717) is 37.3 Å². The lowest BCUT2D eigenvalue weighted by molar-refractivity contribution is -0.145. The molecule has 0 radical (unpaired) electrons. The fourth-order valence-corrected chi connectivity index (χ4v) is 4.08. The van der Waals surface area contributed by atoms with E-state index in [1.54, 1.807) is 15.8 Å². The van der Waals surface area contributed by atoms with Gasteiger partial charge < -0.3 is 10.0 Å². The summed E-state index contributed by atoms with van der Waals surface area (Å²) in [7, 11) is 0. The summed E-state index contributed by atoms with van der Waals surface area (Å²) in [5.74, 6) is -1.37. The third kappa shape index (κ3) is 3.48. The lowest BCUT2D eigenvalue weighted by atomic mass is 9.86. The summed E-state index contributed by atoms with van der Waals surface area (Å²) < 4.78 is 1.79. The molecule has 1 amide bonds. The molecule has 1 fully saturated rings. The number of hydrogen-bond acceptors (Lipinski definition) is 4. The number of rotatable bonds is 4. The topological polar surface area (TPSA) is 88.3 Å². The number of nitrogens with zero attached hydrogens (tertiary/aromatic N) is 4. The number of aromatic nitrogens is 3. The van der Waals surface area contributed by atoms with Gasteiger partial charge >= 0.3 is 5.97 Å². The predicted octanol–water partition coefficient (Wildman–Crippen LogP) is 3.30. The minimum atomic E-state index is -0.786. The highest BCUT2D eigenvalue weighted by Gasteiger charge is 2.34. The van der Waals surface area contributed by atoms with E-state index in [4.69, 9.17) is 4.98 Å². The molecule has 1 aromatic carbocycles. The number of benzene rings is 1. The van der Waals surface area contributed by atoms with Gasteiger partial charge in [-0.25, -0.2) is 9.67 Å². The van der Waals surface area contributed by atoms with Crippen molar-refractivity contribution in [2.24, 2.45) is 11.8 Å². The average molecular weight is 392 g/mol. The molecular weight excluding hydrogens is 368 g/mol. The normalized spacial score (nSPS) is 19.4. The van der Waals surface area contributed by atoms with Crippen molar-refractivity contribution in [2.45, 2.75) is 26.8 Å². The van der Waals surface area contributed by atoms with Gasteiger partial charge in [-0.2, -0.15) is 5.10 Å². The van der Waals surface area contributed by atoms with Crippen LogP contribution in [0.2, 0.25) is 0 Å². The first kappa shape index (κ1) is 19.1. The summed E-state index contributed by atoms with van der Waals surface area (Å²) in [5.41, 5.74) is 2.91. The minimum Gasteiger partial charge on any atom is -0.481 e. The molecule has 0 spiro atoms. The van der Waals surface area contributed by atoms with Crippen LogP contribution in [0.4, 0.5) is 0 Å². The molecule has 7 heteroatoms. The largest absolute Gasteiger partial charge is 0.481 e. The van der Waals surface area contributed by atoms with Gasteiger partial charge in [0.2, 0.25) is 0 Å². The number of carbonyl (C=O) groups excluding carboxylic acids is 1. The second-order valence-corrected chi connectivity index (χ2v) is 7.58. The summed E-state index contributed by atoms with van der Waals surface area (Å²) in [4.78, 5) is 31.4. The first-order chi connectivity index (χ1) is 14.0. The van der Waals surface area contributed by atoms with Crippen molar-refractivity contribution in [1.82, 2.24) is 19.7 Å². The van der Waals surface area contributed by atoms with Crippen LogP contribution >= 0.6 is 0 Å². The fraction of sp³-hybridized carbons (Fsp3) is 0.364. The molecule has 29 heavy (non-hydrogen) atoms. The number of aryl methyl sites for hydroxylation is 1. The molecule has 2 atom stereocenters. The molecule has 0 aliphatic carbocycles. The maximum atomic E-state index is 13.4. The molecule has 0 bridgehead atoms. The van der Waals surface area contributed by atoms with Crippen molar-refractivity contribution < 1.29 is 14.7 Å². The Labute approximate surface area is 169 Å². The first-order valence-corrected chi connectivity index (χ1v) is 9.93. The maximum absolute atomic E-state index is 13.4. The van der Waals surface area contributed by atoms with E-state index in [-0.39, 0.29) is 11.8 Å². The van der Waals surface area contributed by atoms with Crippen LogP contribution < -0.4 is 0 Å². The Hall–Kier alpha value is -3.22. The van der Waals surface area contributed by atoms with Crippen molar-refractivity contribution in [1.29, 1.82) is 0 Å². The van der Waals surface area contributed by atoms with Crippen molar-refractivity contribution in [2.75, 3.05) is 13.1 Å². The SMILES string of the molecule is CCn1ncc2c(C(=O)N3CCC(C(=O)O)C(C)C3)cc(-c3ccccc3)nc21. The summed E-state index contributed by atoms with van der Waals surface area (Å²) >= 11 is 0. The lowest BCUT2D eigenvalue weighted by Crippen LogP contribution is -2.45. The number of pyridine rings is 1. The van der Waals surface area contributed by atoms with E-state index >= 15 is 0 Å². The quantitative estimate of drug-likeness (QED) is 0.736. The van der Waals surface area contributed by atoms with Gasteiger partial charge in [-0.3, -0.25) is 9.59 Å². The second-order valence-electron chi connectivity index (χ2n) is 7.58. The van der Waals surface area contributed by atoms with Gasteiger partial charge in [-0.05, 0) is 25.3 Å². The summed E-state index contributed by atoms with van der Waals surface area (Å²) in [6, 6.07) is 11.6. The van der Waals surface area contributed by atoms with Crippen molar-refractivity contribution in [3.63, 3.8) is 0 Å². The van der Waals surface area contributed by atoms with Gasteiger partial charge in [0.25, 0.3) is 5.91 Å². The van der Waals surface area contributed by atoms with E-state index in [9.17, 15) is 14.7 Å². The first-order valence-electron chi connectivity index (χ1n) is 9.93. The van der Waals surface area contributed by atoms with Crippen molar-refractivity contribution in [3.8, 4) is 11.3 Å². The molecule has 4 rings (SSSR count). The molecule has 1 N–H and O–H groups in total. The van der Waals surface area contributed by atoms with Gasteiger partial charge in [-0.15, -0.1) is 0 Å². The number of carbonyl (C=O) groups is 2. The molecule has 7 nitrogen and oxygen atoms in total. The molecule has 3 heterocycles. The number of carboxylic acid groups (broad SMARTS) is 1. The van der Waals surface area contributed by atoms with Crippen LogP contribution in [0.25, 0.3) is 22.3 Å². The van der Waals surface area contributed by atoms with Gasteiger partial charge in [0.15, 0.2) is 5.65 Å². The molecule has 1 aliphatic heterocycles. The zero-order valence-electron chi connectivity index (χ0n) is 16.6. The molecule has 150 valence electrons. The smallest absolute Gasteiger partial charge is 0.306 e. The molecular formula is C22H24N4O3. The Bertz CT molecular complexity index is 1060. The van der Waals surface area contributed by atoms with Crippen LogP contribution in [-0.2, 0) is 11.3 Å². The molecule has 0 saturated carbocycles. The maximum Gasteiger partial charge on any atom is 0.306 e. The number of carboxylic acids is 1. The van der Waals surface area contributed by atoms with E-state index in [0.717, 1.165) is 16.6 Å². The minimum absolute atomic E-state index is 0.0884. The fourth-order valence-electron chi connectivity index (χ4n) is 4.08. The Balaban J connectivity index is 1.75. The van der Waals surface area contributed by atoms with Crippen LogP contribution in [0.15, 0.2) is 42.6 Å². The summed E-state index contributed by atoms with van der Waals surface area (Å²) in [5, 5.41) is 14.5. The molecule has 2 aromatic heterocycles. The standard InChI is InChI=1S/C22H24N4O3/c1-3-26-20-18(12-23-26)17(11-19(24-20)15-7-5-4-6-8-15)21(27)25-10-9-16(22(28)29)14(2)13-25/h4-8,11-12,14,16H,3,9-10,13H2,1-2H3,(H,28,29). The molecule has 1 aliphatic rings. The monoisotopic (exact) mass is 392 g/mol. The predicted molar refractivity (Wildman–Crippen MR) is 109 cm³/mol. The van der Waals surface area contributed by atoms with Crippen LogP contribution in [-0.4, -0.2) is 49.7 Å². The van der Waals surface area contributed by atoms with Crippen molar-refractivity contribution in [3.05, 3.63) is 48.2 Å².